The number of hydrogen-bond donors (Lipinski definition) is 1. The van der Waals surface area contributed by atoms with Crippen molar-refractivity contribution in [3.8, 4) is 11.3 Å². The predicted molar refractivity (Wildman–Crippen MR) is 183 cm³/mol. The van der Waals surface area contributed by atoms with Crippen molar-refractivity contribution in [3.05, 3.63) is 119 Å². The average molecular weight is 637 g/mol. The number of nitrogens with one attached hydrogen (secondary N) is 1. The lowest BCUT2D eigenvalue weighted by atomic mass is 9.94. The Labute approximate surface area is 273 Å². The standard InChI is InChI=1S/C38H44N4O3S/c1-41-21-18-32(19-22-41)38(43)42(35-23-33-5-3-4-6-34(33)24-35)27-29-7-12-31(13-8-29)37-16-11-30(26-40-37)25-39-20-17-28-9-14-36(15-10-28)46(2,44)45/h3-16,26,32,35,39H,17-25,27H2,1-2H3. The van der Waals surface area contributed by atoms with Gasteiger partial charge in [-0.2, -0.15) is 0 Å². The third-order valence-electron chi connectivity index (χ3n) is 9.52. The number of nitrogens with zero attached hydrogens (tertiary/aromatic N) is 3. The van der Waals surface area contributed by atoms with Crippen LogP contribution in [0.25, 0.3) is 11.3 Å². The molecule has 0 radical (unpaired) electrons. The maximum Gasteiger partial charge on any atom is 0.226 e. The summed E-state index contributed by atoms with van der Waals surface area (Å²) in [4.78, 5) is 23.5. The van der Waals surface area contributed by atoms with Crippen LogP contribution in [0.2, 0.25) is 0 Å². The molecule has 4 aromatic rings. The van der Waals surface area contributed by atoms with Crippen LogP contribution < -0.4 is 5.32 Å². The number of aromatic nitrogens is 1. The van der Waals surface area contributed by atoms with Crippen molar-refractivity contribution in [1.29, 1.82) is 0 Å². The van der Waals surface area contributed by atoms with Crippen LogP contribution in [0.1, 0.15) is 40.7 Å². The molecule has 3 aromatic carbocycles. The molecule has 1 aliphatic heterocycles. The second-order valence-corrected chi connectivity index (χ2v) is 15.0. The second-order valence-electron chi connectivity index (χ2n) is 13.0. The third-order valence-corrected chi connectivity index (χ3v) is 10.6. The number of carbonyl (C=O) groups excluding carboxylic acids is 1. The summed E-state index contributed by atoms with van der Waals surface area (Å²) >= 11 is 0. The molecule has 6 rings (SSSR count). The molecule has 1 amide bonds. The Kier molecular flexibility index (Phi) is 9.97. The Morgan fingerprint density at radius 1 is 0.870 bits per heavy atom. The SMILES string of the molecule is CN1CCC(C(=O)N(Cc2ccc(-c3ccc(CNCCc4ccc(S(C)(=O)=O)cc4)cn3)cc2)C2Cc3ccccc3C2)CC1. The zero-order valence-electron chi connectivity index (χ0n) is 26.9. The number of sulfone groups is 1. The first kappa shape index (κ1) is 32.1. The monoisotopic (exact) mass is 636 g/mol. The first-order valence-corrected chi connectivity index (χ1v) is 18.2. The largest absolute Gasteiger partial charge is 0.334 e. The van der Waals surface area contributed by atoms with Gasteiger partial charge < -0.3 is 15.1 Å². The van der Waals surface area contributed by atoms with Gasteiger partial charge in [0.2, 0.25) is 5.91 Å². The lowest BCUT2D eigenvalue weighted by Gasteiger charge is -2.35. The van der Waals surface area contributed by atoms with E-state index in [-0.39, 0.29) is 12.0 Å². The van der Waals surface area contributed by atoms with Crippen LogP contribution >= 0.6 is 0 Å². The molecule has 240 valence electrons. The smallest absolute Gasteiger partial charge is 0.226 e. The van der Waals surface area contributed by atoms with Gasteiger partial charge in [0, 0.05) is 43.1 Å². The van der Waals surface area contributed by atoms with Gasteiger partial charge in [0.1, 0.15) is 0 Å². The van der Waals surface area contributed by atoms with Crippen LogP contribution in [-0.4, -0.2) is 68.1 Å². The summed E-state index contributed by atoms with van der Waals surface area (Å²) in [5.41, 5.74) is 8.07. The summed E-state index contributed by atoms with van der Waals surface area (Å²) in [6.07, 6.45) is 7.68. The topological polar surface area (TPSA) is 82.6 Å². The van der Waals surface area contributed by atoms with E-state index in [1.165, 1.54) is 17.4 Å². The molecular weight excluding hydrogens is 593 g/mol. The molecule has 0 atom stereocenters. The van der Waals surface area contributed by atoms with E-state index < -0.39 is 9.84 Å². The fourth-order valence-electron chi connectivity index (χ4n) is 6.68. The molecule has 46 heavy (non-hydrogen) atoms. The molecule has 1 aliphatic carbocycles. The van der Waals surface area contributed by atoms with Crippen LogP contribution in [0.4, 0.5) is 0 Å². The molecule has 2 aliphatic rings. The average Bonchev–Trinajstić information content (AvgIpc) is 3.50. The van der Waals surface area contributed by atoms with Gasteiger partial charge in [0.15, 0.2) is 9.84 Å². The molecule has 1 saturated heterocycles. The summed E-state index contributed by atoms with van der Waals surface area (Å²) < 4.78 is 23.3. The van der Waals surface area contributed by atoms with Gasteiger partial charge in [-0.1, -0.05) is 66.7 Å². The normalized spacial score (nSPS) is 16.0. The highest BCUT2D eigenvalue weighted by Crippen LogP contribution is 2.30. The zero-order chi connectivity index (χ0) is 32.1. The van der Waals surface area contributed by atoms with Gasteiger partial charge in [-0.3, -0.25) is 9.78 Å². The van der Waals surface area contributed by atoms with Gasteiger partial charge in [-0.25, -0.2) is 8.42 Å². The fraction of sp³-hybridized carbons (Fsp3) is 0.368. The highest BCUT2D eigenvalue weighted by Gasteiger charge is 2.34. The lowest BCUT2D eigenvalue weighted by Crippen LogP contribution is -2.46. The number of amides is 1. The minimum absolute atomic E-state index is 0.102. The van der Waals surface area contributed by atoms with Gasteiger partial charge in [0.05, 0.1) is 10.6 Å². The van der Waals surface area contributed by atoms with Crippen molar-refractivity contribution in [2.45, 2.75) is 56.1 Å². The number of rotatable bonds is 11. The van der Waals surface area contributed by atoms with Crippen LogP contribution in [-0.2, 0) is 47.0 Å². The maximum atomic E-state index is 14.0. The number of carbonyl (C=O) groups is 1. The second kappa shape index (κ2) is 14.3. The van der Waals surface area contributed by atoms with Crippen molar-refractivity contribution in [2.75, 3.05) is 32.9 Å². The Balaban J connectivity index is 1.05. The Morgan fingerprint density at radius 3 is 2.11 bits per heavy atom. The third kappa shape index (κ3) is 7.92. The maximum absolute atomic E-state index is 14.0. The van der Waals surface area contributed by atoms with Crippen molar-refractivity contribution in [3.63, 3.8) is 0 Å². The van der Waals surface area contributed by atoms with E-state index in [2.05, 4.69) is 82.8 Å². The quantitative estimate of drug-likeness (QED) is 0.225. The fourth-order valence-corrected chi connectivity index (χ4v) is 7.31. The summed E-state index contributed by atoms with van der Waals surface area (Å²) in [5.74, 6) is 0.413. The first-order chi connectivity index (χ1) is 22.2. The van der Waals surface area contributed by atoms with Crippen LogP contribution in [0.3, 0.4) is 0 Å². The number of benzene rings is 3. The van der Waals surface area contributed by atoms with Crippen molar-refractivity contribution in [2.24, 2.45) is 5.92 Å². The Morgan fingerprint density at radius 2 is 1.50 bits per heavy atom. The Hall–Kier alpha value is -3.85. The van der Waals surface area contributed by atoms with Crippen LogP contribution in [0, 0.1) is 5.92 Å². The molecule has 1 aromatic heterocycles. The molecular formula is C38H44N4O3S. The Bertz CT molecular complexity index is 1710. The number of hydrogen-bond acceptors (Lipinski definition) is 6. The molecule has 7 nitrogen and oxygen atoms in total. The van der Waals surface area contributed by atoms with E-state index in [0.29, 0.717) is 23.9 Å². The van der Waals surface area contributed by atoms with Crippen molar-refractivity contribution in [1.82, 2.24) is 20.1 Å². The van der Waals surface area contributed by atoms with E-state index >= 15 is 0 Å². The molecule has 0 spiro atoms. The first-order valence-electron chi connectivity index (χ1n) is 16.3. The number of pyridine rings is 1. The van der Waals surface area contributed by atoms with Gasteiger partial charge in [-0.15, -0.1) is 0 Å². The highest BCUT2D eigenvalue weighted by molar-refractivity contribution is 7.90. The van der Waals surface area contributed by atoms with Crippen molar-refractivity contribution >= 4 is 15.7 Å². The molecule has 8 heteroatoms. The number of likely N-dealkylation sites (tertiary alicyclic amines) is 1. The predicted octanol–water partition coefficient (Wildman–Crippen LogP) is 5.32. The molecule has 1 fully saturated rings. The van der Waals surface area contributed by atoms with Crippen LogP contribution in [0.15, 0.2) is 96.0 Å². The van der Waals surface area contributed by atoms with Gasteiger partial charge >= 0.3 is 0 Å². The minimum atomic E-state index is -3.17. The van der Waals surface area contributed by atoms with Crippen molar-refractivity contribution < 1.29 is 13.2 Å². The summed E-state index contributed by atoms with van der Waals surface area (Å²) in [7, 11) is -1.03. The molecule has 0 unspecified atom stereocenters. The molecule has 2 heterocycles. The highest BCUT2D eigenvalue weighted by atomic mass is 32.2. The summed E-state index contributed by atoms with van der Waals surface area (Å²) in [6, 6.07) is 28.6. The summed E-state index contributed by atoms with van der Waals surface area (Å²) in [5, 5.41) is 3.45. The van der Waals surface area contributed by atoms with E-state index in [1.807, 2.05) is 18.3 Å². The zero-order valence-corrected chi connectivity index (χ0v) is 27.7. The minimum Gasteiger partial charge on any atom is -0.334 e. The van der Waals surface area contributed by atoms with E-state index in [4.69, 9.17) is 4.98 Å². The van der Waals surface area contributed by atoms with E-state index in [9.17, 15) is 13.2 Å². The number of fused-ring (bicyclic) bond motifs is 1. The lowest BCUT2D eigenvalue weighted by molar-refractivity contribution is -0.140. The van der Waals surface area contributed by atoms with E-state index in [1.54, 1.807) is 12.1 Å². The molecule has 1 N–H and O–H groups in total. The van der Waals surface area contributed by atoms with Crippen LogP contribution in [0.5, 0.6) is 0 Å². The summed E-state index contributed by atoms with van der Waals surface area (Å²) in [6.45, 7) is 4.08. The number of piperidine rings is 1. The van der Waals surface area contributed by atoms with Gasteiger partial charge in [0.25, 0.3) is 0 Å². The van der Waals surface area contributed by atoms with E-state index in [0.717, 1.165) is 79.7 Å². The molecule has 0 bridgehead atoms. The molecule has 0 saturated carbocycles. The van der Waals surface area contributed by atoms with Gasteiger partial charge in [-0.05, 0) is 105 Å².